The number of esters is 1. The molecule has 0 aliphatic heterocycles. The maximum atomic E-state index is 11.2. The maximum Gasteiger partial charge on any atom is 0.333 e. The van der Waals surface area contributed by atoms with Crippen LogP contribution in [0.4, 0.5) is 0 Å². The Morgan fingerprint density at radius 1 is 1.35 bits per heavy atom. The topological polar surface area (TPSA) is 63.7 Å². The Hall–Kier alpha value is -1.65. The number of unbranched alkanes of at least 4 members (excludes halogenated alkanes) is 1. The lowest BCUT2D eigenvalue weighted by Gasteiger charge is -2.19. The number of carbonyl (C=O) groups is 3. The molecule has 0 N–H and O–H groups in total. The van der Waals surface area contributed by atoms with Crippen molar-refractivity contribution in [3.63, 3.8) is 0 Å². The molecule has 17 heavy (non-hydrogen) atoms. The van der Waals surface area contributed by atoms with E-state index in [-0.39, 0.29) is 19.4 Å². The second kappa shape index (κ2) is 8.50. The van der Waals surface area contributed by atoms with Crippen molar-refractivity contribution in [3.8, 4) is 0 Å². The smallest absolute Gasteiger partial charge is 0.333 e. The molecule has 0 radical (unpaired) electrons. The monoisotopic (exact) mass is 241 g/mol. The summed E-state index contributed by atoms with van der Waals surface area (Å²) in [5.41, 5.74) is 0.312. The van der Waals surface area contributed by atoms with E-state index in [2.05, 4.69) is 6.58 Å². The van der Waals surface area contributed by atoms with Gasteiger partial charge in [0.2, 0.25) is 6.29 Å². The van der Waals surface area contributed by atoms with Gasteiger partial charge in [-0.15, -0.1) is 0 Å². The zero-order chi connectivity index (χ0) is 13.3. The van der Waals surface area contributed by atoms with Crippen molar-refractivity contribution in [2.45, 2.75) is 26.7 Å². The standard InChI is InChI=1S/C12H19NO4/c1-4-5-6-13(11(15)9-14)7-8-17-12(16)10(2)3/h9H,2,4-8H2,1,3H3. The SMILES string of the molecule is C=C(C)C(=O)OCCN(CCCC)C(=O)C=O. The van der Waals surface area contributed by atoms with E-state index >= 15 is 0 Å². The van der Waals surface area contributed by atoms with Crippen LogP contribution in [0.5, 0.6) is 0 Å². The zero-order valence-corrected chi connectivity index (χ0v) is 10.4. The van der Waals surface area contributed by atoms with Crippen molar-refractivity contribution in [3.05, 3.63) is 12.2 Å². The molecule has 0 atom stereocenters. The van der Waals surface area contributed by atoms with Crippen LogP contribution in [0.15, 0.2) is 12.2 Å². The van der Waals surface area contributed by atoms with E-state index in [9.17, 15) is 14.4 Å². The molecule has 0 heterocycles. The number of hydrogen-bond donors (Lipinski definition) is 0. The van der Waals surface area contributed by atoms with Crippen molar-refractivity contribution in [1.29, 1.82) is 0 Å². The Morgan fingerprint density at radius 3 is 2.47 bits per heavy atom. The van der Waals surface area contributed by atoms with Crippen molar-refractivity contribution in [2.75, 3.05) is 19.7 Å². The Bertz CT molecular complexity index is 299. The normalized spacial score (nSPS) is 9.53. The molecule has 96 valence electrons. The summed E-state index contributed by atoms with van der Waals surface area (Å²) in [6.45, 7) is 7.79. The Kier molecular flexibility index (Phi) is 7.67. The molecule has 5 heteroatoms. The van der Waals surface area contributed by atoms with E-state index in [1.54, 1.807) is 6.92 Å². The highest BCUT2D eigenvalue weighted by Crippen LogP contribution is 1.97. The van der Waals surface area contributed by atoms with E-state index in [0.29, 0.717) is 12.1 Å². The van der Waals surface area contributed by atoms with E-state index in [1.807, 2.05) is 6.92 Å². The van der Waals surface area contributed by atoms with Crippen molar-refractivity contribution in [1.82, 2.24) is 4.90 Å². The minimum absolute atomic E-state index is 0.0784. The maximum absolute atomic E-state index is 11.2. The predicted octanol–water partition coefficient (Wildman–Crippen LogP) is 0.933. The van der Waals surface area contributed by atoms with Crippen LogP contribution in [0.1, 0.15) is 26.7 Å². The van der Waals surface area contributed by atoms with Gasteiger partial charge in [-0.05, 0) is 13.3 Å². The summed E-state index contributed by atoms with van der Waals surface area (Å²) in [5, 5.41) is 0. The lowest BCUT2D eigenvalue weighted by molar-refractivity contribution is -0.143. The van der Waals surface area contributed by atoms with Crippen molar-refractivity contribution in [2.24, 2.45) is 0 Å². The first-order valence-electron chi connectivity index (χ1n) is 5.59. The number of nitrogens with zero attached hydrogens (tertiary/aromatic N) is 1. The van der Waals surface area contributed by atoms with Crippen LogP contribution in [0.3, 0.4) is 0 Å². The van der Waals surface area contributed by atoms with Gasteiger partial charge in [0.1, 0.15) is 6.61 Å². The van der Waals surface area contributed by atoms with Crippen LogP contribution in [0.25, 0.3) is 0 Å². The van der Waals surface area contributed by atoms with Crippen LogP contribution in [0, 0.1) is 0 Å². The number of ether oxygens (including phenoxy) is 1. The third-order valence-electron chi connectivity index (χ3n) is 2.14. The molecule has 1 amide bonds. The summed E-state index contributed by atoms with van der Waals surface area (Å²) >= 11 is 0. The fourth-order valence-electron chi connectivity index (χ4n) is 1.13. The molecule has 0 aromatic heterocycles. The minimum atomic E-state index is -0.579. The van der Waals surface area contributed by atoms with Crippen LogP contribution in [-0.2, 0) is 19.1 Å². The summed E-state index contributed by atoms with van der Waals surface area (Å²) < 4.78 is 4.86. The Balaban J connectivity index is 4.07. The molecular formula is C12H19NO4. The van der Waals surface area contributed by atoms with Gasteiger partial charge in [-0.25, -0.2) is 4.79 Å². The average molecular weight is 241 g/mol. The highest BCUT2D eigenvalue weighted by atomic mass is 16.5. The second-order valence-electron chi connectivity index (χ2n) is 3.71. The van der Waals surface area contributed by atoms with Gasteiger partial charge in [-0.1, -0.05) is 19.9 Å². The molecular weight excluding hydrogens is 222 g/mol. The number of carbonyl (C=O) groups excluding carboxylic acids is 3. The minimum Gasteiger partial charge on any atom is -0.460 e. The van der Waals surface area contributed by atoms with Gasteiger partial charge >= 0.3 is 5.97 Å². The second-order valence-corrected chi connectivity index (χ2v) is 3.71. The zero-order valence-electron chi connectivity index (χ0n) is 10.4. The molecule has 0 saturated heterocycles. The number of amides is 1. The Morgan fingerprint density at radius 2 is 2.00 bits per heavy atom. The first kappa shape index (κ1) is 15.3. The molecule has 0 aromatic carbocycles. The van der Waals surface area contributed by atoms with Gasteiger partial charge in [-0.3, -0.25) is 9.59 Å². The number of aldehydes is 1. The van der Waals surface area contributed by atoms with Crippen molar-refractivity contribution < 1.29 is 19.1 Å². The van der Waals surface area contributed by atoms with Crippen LogP contribution in [-0.4, -0.2) is 42.8 Å². The average Bonchev–Trinajstić information content (AvgIpc) is 2.31. The quantitative estimate of drug-likeness (QED) is 0.274. The molecule has 0 unspecified atom stereocenters. The fraction of sp³-hybridized carbons (Fsp3) is 0.583. The van der Waals surface area contributed by atoms with Gasteiger partial charge in [0.05, 0.1) is 6.54 Å². The molecule has 0 aromatic rings. The predicted molar refractivity (Wildman–Crippen MR) is 63.3 cm³/mol. The summed E-state index contributed by atoms with van der Waals surface area (Å²) in [7, 11) is 0. The lowest BCUT2D eigenvalue weighted by Crippen LogP contribution is -2.36. The summed E-state index contributed by atoms with van der Waals surface area (Å²) in [4.78, 5) is 34.1. The van der Waals surface area contributed by atoms with Crippen LogP contribution >= 0.6 is 0 Å². The van der Waals surface area contributed by atoms with E-state index in [1.165, 1.54) is 4.90 Å². The molecule has 0 aliphatic rings. The van der Waals surface area contributed by atoms with E-state index in [0.717, 1.165) is 12.8 Å². The lowest BCUT2D eigenvalue weighted by atomic mass is 10.3. The largest absolute Gasteiger partial charge is 0.460 e. The molecule has 0 fully saturated rings. The van der Waals surface area contributed by atoms with Crippen LogP contribution < -0.4 is 0 Å². The highest BCUT2D eigenvalue weighted by Gasteiger charge is 2.12. The number of rotatable bonds is 8. The molecule has 0 aliphatic carbocycles. The van der Waals surface area contributed by atoms with Gasteiger partial charge in [0.15, 0.2) is 0 Å². The van der Waals surface area contributed by atoms with Crippen molar-refractivity contribution >= 4 is 18.2 Å². The van der Waals surface area contributed by atoms with Gasteiger partial charge < -0.3 is 9.64 Å². The molecule has 5 nitrogen and oxygen atoms in total. The number of hydrogen-bond acceptors (Lipinski definition) is 4. The van der Waals surface area contributed by atoms with E-state index in [4.69, 9.17) is 4.74 Å². The molecule has 0 bridgehead atoms. The van der Waals surface area contributed by atoms with E-state index < -0.39 is 11.9 Å². The molecule has 0 saturated carbocycles. The van der Waals surface area contributed by atoms with Gasteiger partial charge in [0.25, 0.3) is 5.91 Å². The van der Waals surface area contributed by atoms with Gasteiger partial charge in [0, 0.05) is 12.1 Å². The first-order valence-corrected chi connectivity index (χ1v) is 5.59. The first-order chi connectivity index (χ1) is 8.02. The third-order valence-corrected chi connectivity index (χ3v) is 2.14. The van der Waals surface area contributed by atoms with Crippen LogP contribution in [0.2, 0.25) is 0 Å². The summed E-state index contributed by atoms with van der Waals surface area (Å²) in [6, 6.07) is 0. The molecule has 0 spiro atoms. The Labute approximate surface area is 101 Å². The fourth-order valence-corrected chi connectivity index (χ4v) is 1.13. The van der Waals surface area contributed by atoms with Gasteiger partial charge in [-0.2, -0.15) is 0 Å². The summed E-state index contributed by atoms with van der Waals surface area (Å²) in [5.74, 6) is -1.07. The summed E-state index contributed by atoms with van der Waals surface area (Å²) in [6.07, 6.45) is 2.01. The third kappa shape index (κ3) is 6.50. The highest BCUT2D eigenvalue weighted by molar-refractivity contribution is 6.23. The molecule has 0 rings (SSSR count).